The first-order chi connectivity index (χ1) is 12.1. The summed E-state index contributed by atoms with van der Waals surface area (Å²) in [5, 5.41) is 2.87. The van der Waals surface area contributed by atoms with Crippen molar-refractivity contribution in [1.82, 2.24) is 14.4 Å². The van der Waals surface area contributed by atoms with Crippen LogP contribution in [0.1, 0.15) is 35.1 Å². The maximum absolute atomic E-state index is 12.4. The normalized spacial score (nSPS) is 15.7. The highest BCUT2D eigenvalue weighted by Crippen LogP contribution is 2.22. The molecule has 3 aromatic heterocycles. The second-order valence-corrected chi connectivity index (χ2v) is 7.90. The molecule has 1 aliphatic heterocycles. The molecule has 0 bridgehead atoms. The molecule has 3 aromatic rings. The molecule has 1 amide bonds. The molecule has 0 unspecified atom stereocenters. The second-order valence-electron chi connectivity index (χ2n) is 6.69. The van der Waals surface area contributed by atoms with Gasteiger partial charge in [-0.2, -0.15) is 0 Å². The van der Waals surface area contributed by atoms with Gasteiger partial charge in [0.1, 0.15) is 11.5 Å². The van der Waals surface area contributed by atoms with Gasteiger partial charge < -0.3 is 10.2 Å². The second kappa shape index (κ2) is 6.48. The number of nitrogens with zero attached hydrogens (tertiary/aromatic N) is 4. The number of hydrogen-bond acceptors (Lipinski definition) is 5. The molecule has 1 saturated heterocycles. The Hall–Kier alpha value is -2.41. The van der Waals surface area contributed by atoms with Crippen molar-refractivity contribution in [1.29, 1.82) is 0 Å². The Labute approximate surface area is 150 Å². The fourth-order valence-electron chi connectivity index (χ4n) is 3.10. The van der Waals surface area contributed by atoms with Crippen LogP contribution in [0.4, 0.5) is 11.5 Å². The van der Waals surface area contributed by atoms with Crippen LogP contribution < -0.4 is 10.2 Å². The van der Waals surface area contributed by atoms with Gasteiger partial charge in [0.15, 0.2) is 4.96 Å². The van der Waals surface area contributed by atoms with Crippen LogP contribution in [0.25, 0.3) is 4.96 Å². The molecule has 0 aliphatic carbocycles. The molecule has 6 nitrogen and oxygen atoms in total. The molecule has 7 heteroatoms. The molecule has 130 valence electrons. The summed E-state index contributed by atoms with van der Waals surface area (Å²) in [6, 6.07) is 3.88. The van der Waals surface area contributed by atoms with E-state index in [1.165, 1.54) is 17.7 Å². The number of carbonyl (C=O) groups is 1. The van der Waals surface area contributed by atoms with E-state index in [0.717, 1.165) is 29.8 Å². The molecule has 0 atom stereocenters. The maximum atomic E-state index is 12.4. The van der Waals surface area contributed by atoms with Gasteiger partial charge in [-0.15, -0.1) is 11.3 Å². The molecule has 1 N–H and O–H groups in total. The minimum atomic E-state index is -0.213. The summed E-state index contributed by atoms with van der Waals surface area (Å²) in [5.41, 5.74) is 1.10. The van der Waals surface area contributed by atoms with Crippen LogP contribution in [0.2, 0.25) is 0 Å². The van der Waals surface area contributed by atoms with Crippen molar-refractivity contribution in [2.45, 2.75) is 26.7 Å². The average Bonchev–Trinajstić information content (AvgIpc) is 3.14. The van der Waals surface area contributed by atoms with Crippen LogP contribution in [0, 0.1) is 12.8 Å². The third kappa shape index (κ3) is 3.37. The van der Waals surface area contributed by atoms with Crippen molar-refractivity contribution in [3.05, 3.63) is 41.3 Å². The number of hydrogen-bond donors (Lipinski definition) is 1. The molecular formula is C18H21N5OS. The summed E-state index contributed by atoms with van der Waals surface area (Å²) in [6.45, 7) is 6.41. The Balaban J connectivity index is 1.43. The molecule has 0 saturated carbocycles. The predicted molar refractivity (Wildman–Crippen MR) is 101 cm³/mol. The van der Waals surface area contributed by atoms with Crippen molar-refractivity contribution in [2.75, 3.05) is 23.3 Å². The lowest BCUT2D eigenvalue weighted by molar-refractivity contribution is 0.102. The Morgan fingerprint density at radius 3 is 2.76 bits per heavy atom. The average molecular weight is 355 g/mol. The first-order valence-electron chi connectivity index (χ1n) is 8.56. The topological polar surface area (TPSA) is 62.5 Å². The fourth-order valence-corrected chi connectivity index (χ4v) is 3.91. The van der Waals surface area contributed by atoms with Crippen LogP contribution in [0.15, 0.2) is 30.7 Å². The van der Waals surface area contributed by atoms with Crippen LogP contribution >= 0.6 is 11.3 Å². The fraction of sp³-hybridized carbons (Fsp3) is 0.389. The monoisotopic (exact) mass is 355 g/mol. The highest BCUT2D eigenvalue weighted by Gasteiger charge is 2.17. The van der Waals surface area contributed by atoms with Gasteiger partial charge in [-0.3, -0.25) is 9.20 Å². The van der Waals surface area contributed by atoms with E-state index in [1.807, 2.05) is 29.7 Å². The van der Waals surface area contributed by atoms with E-state index in [4.69, 9.17) is 0 Å². The van der Waals surface area contributed by atoms with Crippen molar-refractivity contribution >= 4 is 33.7 Å². The quantitative estimate of drug-likeness (QED) is 0.780. The lowest BCUT2D eigenvalue weighted by Gasteiger charge is -2.31. The maximum Gasteiger partial charge on any atom is 0.275 e. The Bertz CT molecular complexity index is 858. The van der Waals surface area contributed by atoms with Crippen LogP contribution in [0.3, 0.4) is 0 Å². The number of imidazole rings is 1. The zero-order valence-electron chi connectivity index (χ0n) is 14.4. The summed E-state index contributed by atoms with van der Waals surface area (Å²) in [4.78, 5) is 25.5. The molecule has 0 spiro atoms. The van der Waals surface area contributed by atoms with E-state index >= 15 is 0 Å². The van der Waals surface area contributed by atoms with E-state index in [-0.39, 0.29) is 5.91 Å². The highest BCUT2D eigenvalue weighted by molar-refractivity contribution is 7.17. The zero-order valence-corrected chi connectivity index (χ0v) is 15.2. The zero-order chi connectivity index (χ0) is 17.4. The smallest absolute Gasteiger partial charge is 0.275 e. The number of thiazole rings is 1. The van der Waals surface area contributed by atoms with E-state index in [1.54, 1.807) is 23.7 Å². The minimum absolute atomic E-state index is 0.213. The third-order valence-electron chi connectivity index (χ3n) is 4.62. The summed E-state index contributed by atoms with van der Waals surface area (Å²) in [6.07, 6.45) is 7.85. The Morgan fingerprint density at radius 1 is 1.28 bits per heavy atom. The molecule has 4 rings (SSSR count). The SMILES string of the molecule is Cc1cn2cc(C(=O)Nc3ccc(N4CCC(C)CC4)nc3)nc2s1. The van der Waals surface area contributed by atoms with E-state index in [9.17, 15) is 4.79 Å². The molecule has 0 aromatic carbocycles. The van der Waals surface area contributed by atoms with Gasteiger partial charge in [-0.1, -0.05) is 6.92 Å². The number of aromatic nitrogens is 3. The van der Waals surface area contributed by atoms with Crippen molar-refractivity contribution in [2.24, 2.45) is 5.92 Å². The van der Waals surface area contributed by atoms with Gasteiger partial charge in [-0.05, 0) is 37.8 Å². The molecule has 1 fully saturated rings. The Morgan fingerprint density at radius 2 is 2.08 bits per heavy atom. The predicted octanol–water partition coefficient (Wildman–Crippen LogP) is 3.59. The number of aryl methyl sites for hydroxylation is 1. The molecular weight excluding hydrogens is 334 g/mol. The molecule has 1 aliphatic rings. The van der Waals surface area contributed by atoms with Crippen LogP contribution in [-0.2, 0) is 0 Å². The van der Waals surface area contributed by atoms with Gasteiger partial charge in [0.05, 0.1) is 11.9 Å². The number of fused-ring (bicyclic) bond motifs is 1. The molecule has 0 radical (unpaired) electrons. The molecule has 25 heavy (non-hydrogen) atoms. The number of rotatable bonds is 3. The Kier molecular flexibility index (Phi) is 4.17. The van der Waals surface area contributed by atoms with E-state index in [0.29, 0.717) is 11.4 Å². The van der Waals surface area contributed by atoms with Gasteiger partial charge in [0.2, 0.25) is 0 Å². The van der Waals surface area contributed by atoms with Crippen LogP contribution in [0.5, 0.6) is 0 Å². The first-order valence-corrected chi connectivity index (χ1v) is 9.37. The third-order valence-corrected chi connectivity index (χ3v) is 5.53. The number of nitrogens with one attached hydrogen (secondary N) is 1. The van der Waals surface area contributed by atoms with Gasteiger partial charge in [-0.25, -0.2) is 9.97 Å². The lowest BCUT2D eigenvalue weighted by atomic mass is 9.99. The summed E-state index contributed by atoms with van der Waals surface area (Å²) in [7, 11) is 0. The number of carbonyl (C=O) groups excluding carboxylic acids is 1. The number of anilines is 2. The van der Waals surface area contributed by atoms with Crippen molar-refractivity contribution < 1.29 is 4.79 Å². The van der Waals surface area contributed by atoms with Gasteiger partial charge in [0, 0.05) is 30.4 Å². The van der Waals surface area contributed by atoms with Crippen molar-refractivity contribution in [3.63, 3.8) is 0 Å². The standard InChI is InChI=1S/C18H21N5OS/c1-12-5-7-22(8-6-12)16-4-3-14(9-19-16)20-17(24)15-11-23-10-13(2)25-18(23)21-15/h3-4,9-12H,5-8H2,1-2H3,(H,20,24). The van der Waals surface area contributed by atoms with E-state index in [2.05, 4.69) is 27.1 Å². The summed E-state index contributed by atoms with van der Waals surface area (Å²) < 4.78 is 1.88. The molecule has 4 heterocycles. The summed E-state index contributed by atoms with van der Waals surface area (Å²) >= 11 is 1.57. The summed E-state index contributed by atoms with van der Waals surface area (Å²) in [5.74, 6) is 1.56. The highest BCUT2D eigenvalue weighted by atomic mass is 32.1. The minimum Gasteiger partial charge on any atom is -0.357 e. The number of piperidine rings is 1. The number of amides is 1. The largest absolute Gasteiger partial charge is 0.357 e. The van der Waals surface area contributed by atoms with E-state index < -0.39 is 0 Å². The van der Waals surface area contributed by atoms with Gasteiger partial charge >= 0.3 is 0 Å². The van der Waals surface area contributed by atoms with Gasteiger partial charge in [0.25, 0.3) is 5.91 Å². The lowest BCUT2D eigenvalue weighted by Crippen LogP contribution is -2.33. The first kappa shape index (κ1) is 16.1. The van der Waals surface area contributed by atoms with Crippen LogP contribution in [-0.4, -0.2) is 33.4 Å². The number of pyridine rings is 1. The van der Waals surface area contributed by atoms with Crippen molar-refractivity contribution in [3.8, 4) is 0 Å².